The van der Waals surface area contributed by atoms with Gasteiger partial charge in [-0.05, 0) is 13.0 Å². The van der Waals surface area contributed by atoms with Crippen molar-refractivity contribution in [2.24, 2.45) is 5.92 Å². The maximum absolute atomic E-state index is 10.9. The zero-order valence-electron chi connectivity index (χ0n) is 7.97. The van der Waals surface area contributed by atoms with E-state index >= 15 is 0 Å². The largest absolute Gasteiger partial charge is 0.481 e. The van der Waals surface area contributed by atoms with E-state index in [1.54, 1.807) is 0 Å². The predicted molar refractivity (Wildman–Crippen MR) is 48.2 cm³/mol. The van der Waals surface area contributed by atoms with Crippen LogP contribution in [0.1, 0.15) is 13.3 Å². The fourth-order valence-electron chi connectivity index (χ4n) is 0.810. The third kappa shape index (κ3) is 5.35. The molecule has 0 aromatic heterocycles. The van der Waals surface area contributed by atoms with E-state index in [9.17, 15) is 19.2 Å². The van der Waals surface area contributed by atoms with Crippen LogP contribution in [0.2, 0.25) is 0 Å². The van der Waals surface area contributed by atoms with Crippen molar-refractivity contribution in [2.45, 2.75) is 13.3 Å². The Morgan fingerprint density at radius 1 is 1.20 bits per heavy atom. The van der Waals surface area contributed by atoms with Crippen molar-refractivity contribution in [1.82, 2.24) is 0 Å². The van der Waals surface area contributed by atoms with Gasteiger partial charge in [0.05, 0.1) is 6.42 Å². The molecule has 6 nitrogen and oxygen atoms in total. The lowest BCUT2D eigenvalue weighted by atomic mass is 10.0. The van der Waals surface area contributed by atoms with Crippen molar-refractivity contribution in [3.8, 4) is 0 Å². The normalized spacial score (nSPS) is 12.3. The fourth-order valence-corrected chi connectivity index (χ4v) is 0.810. The number of hydrogen-bond acceptors (Lipinski definition) is 4. The van der Waals surface area contributed by atoms with Gasteiger partial charge in [-0.1, -0.05) is 6.08 Å². The second-order valence-corrected chi connectivity index (χ2v) is 2.84. The van der Waals surface area contributed by atoms with Gasteiger partial charge < -0.3 is 10.2 Å². The topological polar surface area (TPSA) is 109 Å². The minimum Gasteiger partial charge on any atom is -0.481 e. The van der Waals surface area contributed by atoms with E-state index in [0.717, 1.165) is 6.08 Å². The number of ketones is 2. The van der Waals surface area contributed by atoms with Crippen molar-refractivity contribution >= 4 is 23.5 Å². The summed E-state index contributed by atoms with van der Waals surface area (Å²) in [6.07, 6.45) is 1.23. The lowest BCUT2D eigenvalue weighted by Gasteiger charge is -2.03. The number of hydrogen-bond donors (Lipinski definition) is 2. The Hall–Kier alpha value is -1.98. The van der Waals surface area contributed by atoms with Crippen LogP contribution in [0.15, 0.2) is 12.2 Å². The molecule has 0 saturated heterocycles. The quantitative estimate of drug-likeness (QED) is 0.471. The molecule has 1 atom stereocenters. The van der Waals surface area contributed by atoms with E-state index in [0.29, 0.717) is 6.08 Å². The van der Waals surface area contributed by atoms with Crippen LogP contribution in [-0.2, 0) is 19.2 Å². The molecule has 15 heavy (non-hydrogen) atoms. The summed E-state index contributed by atoms with van der Waals surface area (Å²) in [4.78, 5) is 41.9. The summed E-state index contributed by atoms with van der Waals surface area (Å²) in [6.45, 7) is 1.17. The number of carboxylic acid groups (broad SMARTS) is 2. The average Bonchev–Trinajstić information content (AvgIpc) is 2.10. The Balaban J connectivity index is 4.54. The van der Waals surface area contributed by atoms with Crippen LogP contribution in [-0.4, -0.2) is 33.7 Å². The molecule has 0 heterocycles. The average molecular weight is 214 g/mol. The van der Waals surface area contributed by atoms with E-state index in [1.165, 1.54) is 6.92 Å². The first-order valence-corrected chi connectivity index (χ1v) is 4.02. The molecule has 0 saturated carbocycles. The molecule has 0 spiro atoms. The molecular weight excluding hydrogens is 204 g/mol. The SMILES string of the molecule is CC(=O)C(/C=C/C(=O)C(=O)O)CC(=O)O. The van der Waals surface area contributed by atoms with E-state index in [1.807, 2.05) is 0 Å². The summed E-state index contributed by atoms with van der Waals surface area (Å²) in [6, 6.07) is 0. The van der Waals surface area contributed by atoms with Crippen LogP contribution in [0.5, 0.6) is 0 Å². The van der Waals surface area contributed by atoms with Gasteiger partial charge in [-0.3, -0.25) is 14.4 Å². The Bertz CT molecular complexity index is 327. The third-order valence-electron chi connectivity index (χ3n) is 1.61. The zero-order chi connectivity index (χ0) is 12.0. The van der Waals surface area contributed by atoms with Gasteiger partial charge >= 0.3 is 11.9 Å². The van der Waals surface area contributed by atoms with Crippen molar-refractivity contribution < 1.29 is 29.4 Å². The monoisotopic (exact) mass is 214 g/mol. The van der Waals surface area contributed by atoms with Gasteiger partial charge in [-0.25, -0.2) is 4.79 Å². The molecule has 0 fully saturated rings. The number of allylic oxidation sites excluding steroid dienone is 1. The lowest BCUT2D eigenvalue weighted by molar-refractivity contribution is -0.146. The number of carboxylic acids is 2. The van der Waals surface area contributed by atoms with Crippen LogP contribution in [0.25, 0.3) is 0 Å². The minimum absolute atomic E-state index is 0.438. The molecule has 0 bridgehead atoms. The maximum Gasteiger partial charge on any atom is 0.376 e. The Labute approximate surface area is 85.2 Å². The molecule has 6 heteroatoms. The molecule has 0 rings (SSSR count). The summed E-state index contributed by atoms with van der Waals surface area (Å²) in [5.41, 5.74) is 0. The Morgan fingerprint density at radius 3 is 2.07 bits per heavy atom. The van der Waals surface area contributed by atoms with Gasteiger partial charge in [0.25, 0.3) is 5.78 Å². The van der Waals surface area contributed by atoms with Crippen LogP contribution in [0.4, 0.5) is 0 Å². The van der Waals surface area contributed by atoms with Crippen LogP contribution in [0.3, 0.4) is 0 Å². The molecule has 0 aromatic carbocycles. The van der Waals surface area contributed by atoms with E-state index in [2.05, 4.69) is 0 Å². The number of carbonyl (C=O) groups excluding carboxylic acids is 2. The molecule has 0 radical (unpaired) electrons. The summed E-state index contributed by atoms with van der Waals surface area (Å²) >= 11 is 0. The van der Waals surface area contributed by atoms with E-state index < -0.39 is 35.8 Å². The first-order valence-electron chi connectivity index (χ1n) is 4.02. The number of carbonyl (C=O) groups is 4. The molecule has 82 valence electrons. The molecule has 0 aromatic rings. The first kappa shape index (κ1) is 13.0. The molecule has 0 amide bonds. The van der Waals surface area contributed by atoms with Crippen LogP contribution in [0, 0.1) is 5.92 Å². The van der Waals surface area contributed by atoms with Crippen LogP contribution < -0.4 is 0 Å². The van der Waals surface area contributed by atoms with Gasteiger partial charge in [0.1, 0.15) is 5.78 Å². The fraction of sp³-hybridized carbons (Fsp3) is 0.333. The molecule has 0 aliphatic heterocycles. The maximum atomic E-state index is 10.9. The summed E-state index contributed by atoms with van der Waals surface area (Å²) in [5.74, 6) is -5.43. The molecule has 1 unspecified atom stereocenters. The Kier molecular flexibility index (Phi) is 4.94. The minimum atomic E-state index is -1.65. The third-order valence-corrected chi connectivity index (χ3v) is 1.61. The second kappa shape index (κ2) is 5.69. The standard InChI is InChI=1S/C9H10O6/c1-5(10)6(4-8(12)13)2-3-7(11)9(14)15/h2-3,6H,4H2,1H3,(H,12,13)(H,14,15)/b3-2+. The summed E-state index contributed by atoms with van der Waals surface area (Å²) in [5, 5.41) is 16.6. The van der Waals surface area contributed by atoms with Crippen molar-refractivity contribution in [2.75, 3.05) is 0 Å². The highest BCUT2D eigenvalue weighted by Gasteiger charge is 2.16. The second-order valence-electron chi connectivity index (χ2n) is 2.84. The highest BCUT2D eigenvalue weighted by Crippen LogP contribution is 2.06. The molecule has 0 aliphatic carbocycles. The van der Waals surface area contributed by atoms with E-state index in [4.69, 9.17) is 10.2 Å². The summed E-state index contributed by atoms with van der Waals surface area (Å²) in [7, 11) is 0. The van der Waals surface area contributed by atoms with Gasteiger partial charge in [-0.2, -0.15) is 0 Å². The number of rotatable bonds is 6. The highest BCUT2D eigenvalue weighted by atomic mass is 16.4. The molecular formula is C9H10O6. The van der Waals surface area contributed by atoms with Crippen molar-refractivity contribution in [3.05, 3.63) is 12.2 Å². The highest BCUT2D eigenvalue weighted by molar-refractivity contribution is 6.37. The smallest absolute Gasteiger partial charge is 0.376 e. The first-order chi connectivity index (χ1) is 6.84. The zero-order valence-corrected chi connectivity index (χ0v) is 7.97. The van der Waals surface area contributed by atoms with E-state index in [-0.39, 0.29) is 0 Å². The lowest BCUT2D eigenvalue weighted by Crippen LogP contribution is -2.15. The number of aliphatic carboxylic acids is 2. The van der Waals surface area contributed by atoms with Crippen molar-refractivity contribution in [1.29, 1.82) is 0 Å². The van der Waals surface area contributed by atoms with Gasteiger partial charge in [-0.15, -0.1) is 0 Å². The van der Waals surface area contributed by atoms with Gasteiger partial charge in [0.15, 0.2) is 0 Å². The Morgan fingerprint density at radius 2 is 1.73 bits per heavy atom. The summed E-state index contributed by atoms with van der Waals surface area (Å²) < 4.78 is 0. The molecule has 0 aliphatic rings. The molecule has 2 N–H and O–H groups in total. The number of Topliss-reactive ketones (excluding diaryl/α,β-unsaturated/α-hetero) is 1. The van der Waals surface area contributed by atoms with Crippen molar-refractivity contribution in [3.63, 3.8) is 0 Å². The van der Waals surface area contributed by atoms with Gasteiger partial charge in [0, 0.05) is 5.92 Å². The predicted octanol–water partition coefficient (Wildman–Crippen LogP) is -0.124. The van der Waals surface area contributed by atoms with Crippen LogP contribution >= 0.6 is 0 Å². The van der Waals surface area contributed by atoms with Gasteiger partial charge in [0.2, 0.25) is 0 Å².